The first-order valence-corrected chi connectivity index (χ1v) is 9.15. The van der Waals surface area contributed by atoms with Gasteiger partial charge in [0.05, 0.1) is 19.3 Å². The highest BCUT2D eigenvalue weighted by atomic mass is 127. The van der Waals surface area contributed by atoms with E-state index in [-0.39, 0.29) is 35.5 Å². The Morgan fingerprint density at radius 1 is 1.10 bits per heavy atom. The quantitative estimate of drug-likeness (QED) is 0.248. The maximum atomic E-state index is 12.6. The summed E-state index contributed by atoms with van der Waals surface area (Å²) in [6.07, 6.45) is 1.58. The predicted molar refractivity (Wildman–Crippen MR) is 124 cm³/mol. The van der Waals surface area contributed by atoms with Crippen molar-refractivity contribution < 1.29 is 22.7 Å². The molecule has 0 saturated carbocycles. The highest BCUT2D eigenvalue weighted by Crippen LogP contribution is 2.29. The molecule has 0 amide bonds. The zero-order valence-corrected chi connectivity index (χ0v) is 19.3. The number of alkyl halides is 2. The predicted octanol–water partition coefficient (Wildman–Crippen LogP) is 4.43. The molecule has 31 heavy (non-hydrogen) atoms. The molecule has 166 valence electrons. The van der Waals surface area contributed by atoms with Gasteiger partial charge >= 0.3 is 6.61 Å². The van der Waals surface area contributed by atoms with E-state index >= 15 is 0 Å². The molecule has 7 nitrogen and oxygen atoms in total. The number of guanidine groups is 1. The minimum atomic E-state index is -2.93. The van der Waals surface area contributed by atoms with Crippen LogP contribution in [0, 0.1) is 0 Å². The second-order valence-electron chi connectivity index (χ2n) is 6.15. The topological polar surface area (TPSA) is 80.9 Å². The van der Waals surface area contributed by atoms with Crippen molar-refractivity contribution in [2.75, 3.05) is 14.2 Å². The van der Waals surface area contributed by atoms with Crippen LogP contribution in [0.15, 0.2) is 64.2 Å². The van der Waals surface area contributed by atoms with Gasteiger partial charge in [-0.05, 0) is 29.8 Å². The summed E-state index contributed by atoms with van der Waals surface area (Å²) in [4.78, 5) is 8.60. The van der Waals surface area contributed by atoms with Crippen molar-refractivity contribution in [3.8, 4) is 23.0 Å². The number of oxazole rings is 1. The van der Waals surface area contributed by atoms with E-state index in [1.165, 1.54) is 13.2 Å². The van der Waals surface area contributed by atoms with Crippen LogP contribution in [0.3, 0.4) is 0 Å². The molecule has 1 heterocycles. The minimum Gasteiger partial charge on any atom is -0.493 e. The number of nitrogens with one attached hydrogen (secondary N) is 2. The van der Waals surface area contributed by atoms with Crippen LogP contribution in [0.5, 0.6) is 11.5 Å². The second kappa shape index (κ2) is 12.1. The summed E-state index contributed by atoms with van der Waals surface area (Å²) >= 11 is 0. The summed E-state index contributed by atoms with van der Waals surface area (Å²) in [6.45, 7) is -2.19. The average molecular weight is 544 g/mol. The van der Waals surface area contributed by atoms with E-state index < -0.39 is 6.61 Å². The van der Waals surface area contributed by atoms with Gasteiger partial charge in [0.25, 0.3) is 0 Å². The van der Waals surface area contributed by atoms with Gasteiger partial charge in [-0.15, -0.1) is 24.0 Å². The number of aromatic nitrogens is 1. The molecule has 0 saturated heterocycles. The lowest BCUT2D eigenvalue weighted by Gasteiger charge is -2.14. The van der Waals surface area contributed by atoms with Crippen molar-refractivity contribution in [2.45, 2.75) is 19.7 Å². The largest absolute Gasteiger partial charge is 0.493 e. The van der Waals surface area contributed by atoms with Crippen LogP contribution in [-0.4, -0.2) is 31.7 Å². The van der Waals surface area contributed by atoms with Crippen LogP contribution < -0.4 is 20.1 Å². The van der Waals surface area contributed by atoms with Crippen LogP contribution in [0.1, 0.15) is 11.3 Å². The van der Waals surface area contributed by atoms with Gasteiger partial charge < -0.3 is 24.5 Å². The molecular weight excluding hydrogens is 521 g/mol. The summed E-state index contributed by atoms with van der Waals surface area (Å²) in [5.74, 6) is 1.28. The lowest BCUT2D eigenvalue weighted by Crippen LogP contribution is -2.36. The Hall–Kier alpha value is -2.89. The molecule has 0 fully saturated rings. The van der Waals surface area contributed by atoms with Gasteiger partial charge in [-0.1, -0.05) is 24.3 Å². The van der Waals surface area contributed by atoms with E-state index in [4.69, 9.17) is 9.15 Å². The van der Waals surface area contributed by atoms with Gasteiger partial charge in [0.1, 0.15) is 6.26 Å². The number of halogens is 3. The molecule has 0 aliphatic carbocycles. The number of ether oxygens (including phenoxy) is 2. The van der Waals surface area contributed by atoms with Crippen molar-refractivity contribution in [1.82, 2.24) is 15.6 Å². The first kappa shape index (κ1) is 24.4. The van der Waals surface area contributed by atoms with E-state index in [2.05, 4.69) is 25.3 Å². The Morgan fingerprint density at radius 3 is 2.52 bits per heavy atom. The highest BCUT2D eigenvalue weighted by molar-refractivity contribution is 14.0. The number of hydrogen-bond acceptors (Lipinski definition) is 5. The molecule has 0 aliphatic rings. The Morgan fingerprint density at radius 2 is 1.84 bits per heavy atom. The molecule has 3 aromatic rings. The van der Waals surface area contributed by atoms with Crippen molar-refractivity contribution in [2.24, 2.45) is 4.99 Å². The van der Waals surface area contributed by atoms with Crippen molar-refractivity contribution in [3.63, 3.8) is 0 Å². The summed E-state index contributed by atoms with van der Waals surface area (Å²) in [5, 5.41) is 6.24. The molecular formula is C21H23F2IN4O3. The molecule has 0 bridgehead atoms. The standard InChI is InChI=1S/C21H22F2N4O3.HI/c1-24-21(25-11-14-8-9-17(28-2)18(10-14)30-20(22)23)26-12-16-13-29-19(27-16)15-6-4-3-5-7-15;/h3-10,13,20H,11-12H2,1-2H3,(H2,24,25,26);1H. The van der Waals surface area contributed by atoms with Crippen LogP contribution in [-0.2, 0) is 13.1 Å². The van der Waals surface area contributed by atoms with Gasteiger partial charge in [-0.3, -0.25) is 4.99 Å². The first-order chi connectivity index (χ1) is 14.6. The third-order valence-electron chi connectivity index (χ3n) is 4.14. The fourth-order valence-electron chi connectivity index (χ4n) is 2.70. The Balaban J connectivity index is 0.00000341. The van der Waals surface area contributed by atoms with Crippen molar-refractivity contribution in [3.05, 3.63) is 66.1 Å². The maximum absolute atomic E-state index is 12.6. The molecule has 0 unspecified atom stereocenters. The maximum Gasteiger partial charge on any atom is 0.387 e. The molecule has 2 aromatic carbocycles. The Bertz CT molecular complexity index is 984. The van der Waals surface area contributed by atoms with Gasteiger partial charge in [0, 0.05) is 19.2 Å². The lowest BCUT2D eigenvalue weighted by atomic mass is 10.2. The summed E-state index contributed by atoms with van der Waals surface area (Å²) in [5.41, 5.74) is 2.34. The van der Waals surface area contributed by atoms with Crippen LogP contribution in [0.2, 0.25) is 0 Å². The fourth-order valence-corrected chi connectivity index (χ4v) is 2.70. The molecule has 1 aromatic heterocycles. The molecule has 10 heteroatoms. The fraction of sp³-hybridized carbons (Fsp3) is 0.238. The summed E-state index contributed by atoms with van der Waals surface area (Å²) in [7, 11) is 3.03. The van der Waals surface area contributed by atoms with E-state index in [1.807, 2.05) is 30.3 Å². The molecule has 0 atom stereocenters. The number of aliphatic imine (C=N–C) groups is 1. The third-order valence-corrected chi connectivity index (χ3v) is 4.14. The van der Waals surface area contributed by atoms with E-state index in [0.717, 1.165) is 11.1 Å². The molecule has 0 radical (unpaired) electrons. The normalized spacial score (nSPS) is 11.1. The van der Waals surface area contributed by atoms with Gasteiger partial charge in [-0.2, -0.15) is 8.78 Å². The van der Waals surface area contributed by atoms with E-state index in [1.54, 1.807) is 25.4 Å². The highest BCUT2D eigenvalue weighted by Gasteiger charge is 2.12. The van der Waals surface area contributed by atoms with Gasteiger partial charge in [-0.25, -0.2) is 4.98 Å². The third kappa shape index (κ3) is 7.09. The molecule has 0 aliphatic heterocycles. The molecule has 2 N–H and O–H groups in total. The zero-order valence-electron chi connectivity index (χ0n) is 17.0. The first-order valence-electron chi connectivity index (χ1n) is 9.15. The number of methoxy groups -OCH3 is 1. The summed E-state index contributed by atoms with van der Waals surface area (Å²) < 4.78 is 40.2. The van der Waals surface area contributed by atoms with Crippen LogP contribution >= 0.6 is 24.0 Å². The van der Waals surface area contributed by atoms with Gasteiger partial charge in [0.2, 0.25) is 5.89 Å². The smallest absolute Gasteiger partial charge is 0.387 e. The lowest BCUT2D eigenvalue weighted by molar-refractivity contribution is -0.0512. The minimum absolute atomic E-state index is 0. The Kier molecular flexibility index (Phi) is 9.50. The van der Waals surface area contributed by atoms with Gasteiger partial charge in [0.15, 0.2) is 17.5 Å². The SMILES string of the molecule is CN=C(NCc1ccc(OC)c(OC(F)F)c1)NCc1coc(-c2ccccc2)n1.I. The number of nitrogens with zero attached hydrogens (tertiary/aromatic N) is 2. The number of hydrogen-bond donors (Lipinski definition) is 2. The van der Waals surface area contributed by atoms with Crippen molar-refractivity contribution >= 4 is 29.9 Å². The molecule has 0 spiro atoms. The van der Waals surface area contributed by atoms with Crippen LogP contribution in [0.25, 0.3) is 11.5 Å². The average Bonchev–Trinajstić information content (AvgIpc) is 3.23. The number of benzene rings is 2. The second-order valence-corrected chi connectivity index (χ2v) is 6.15. The van der Waals surface area contributed by atoms with Crippen LogP contribution in [0.4, 0.5) is 8.78 Å². The van der Waals surface area contributed by atoms with E-state index in [0.29, 0.717) is 30.6 Å². The molecule has 3 rings (SSSR count). The van der Waals surface area contributed by atoms with E-state index in [9.17, 15) is 8.78 Å². The Labute approximate surface area is 195 Å². The monoisotopic (exact) mass is 544 g/mol. The zero-order chi connectivity index (χ0) is 21.3. The summed E-state index contributed by atoms with van der Waals surface area (Å²) in [6, 6.07) is 14.4. The van der Waals surface area contributed by atoms with Crippen molar-refractivity contribution in [1.29, 1.82) is 0 Å². The number of rotatable bonds is 8.